The SMILES string of the molecule is CCCCCCCCCCCC/C=C\CCCCCCCCC[N+](CCC(C)C(=O)O)(CCC(C)C(=O)O)CCC(C)C(=O)O. The fourth-order valence-corrected chi connectivity index (χ4v) is 6.02. The molecular formula is C38H72NO6+. The van der Waals surface area contributed by atoms with Gasteiger partial charge in [-0.25, -0.2) is 0 Å². The number of hydrogen-bond donors (Lipinski definition) is 3. The van der Waals surface area contributed by atoms with Crippen molar-refractivity contribution in [1.82, 2.24) is 0 Å². The smallest absolute Gasteiger partial charge is 0.306 e. The Labute approximate surface area is 276 Å². The lowest BCUT2D eigenvalue weighted by atomic mass is 10.0. The van der Waals surface area contributed by atoms with Gasteiger partial charge >= 0.3 is 17.9 Å². The van der Waals surface area contributed by atoms with E-state index in [9.17, 15) is 29.7 Å². The molecule has 3 unspecified atom stereocenters. The molecule has 3 atom stereocenters. The van der Waals surface area contributed by atoms with E-state index in [0.717, 1.165) is 25.8 Å². The summed E-state index contributed by atoms with van der Waals surface area (Å²) < 4.78 is 0.609. The van der Waals surface area contributed by atoms with Crippen molar-refractivity contribution in [3.8, 4) is 0 Å². The normalized spacial score (nSPS) is 15.1. The summed E-state index contributed by atoms with van der Waals surface area (Å²) in [6.07, 6.45) is 30.7. The number of carboxylic acid groups (broad SMARTS) is 3. The van der Waals surface area contributed by atoms with E-state index in [1.165, 1.54) is 103 Å². The van der Waals surface area contributed by atoms with Gasteiger partial charge in [0.15, 0.2) is 0 Å². The van der Waals surface area contributed by atoms with E-state index in [1.807, 2.05) is 0 Å². The second-order valence-corrected chi connectivity index (χ2v) is 14.0. The third kappa shape index (κ3) is 24.9. The van der Waals surface area contributed by atoms with Crippen LogP contribution in [0.2, 0.25) is 0 Å². The molecule has 7 nitrogen and oxygen atoms in total. The summed E-state index contributed by atoms with van der Waals surface area (Å²) in [6, 6.07) is 0. The summed E-state index contributed by atoms with van der Waals surface area (Å²) in [4.78, 5) is 34.5. The Morgan fingerprint density at radius 2 is 0.756 bits per heavy atom. The zero-order valence-electron chi connectivity index (χ0n) is 29.8. The minimum absolute atomic E-state index is 0.481. The highest BCUT2D eigenvalue weighted by Gasteiger charge is 2.31. The van der Waals surface area contributed by atoms with E-state index in [-0.39, 0.29) is 0 Å². The summed E-state index contributed by atoms with van der Waals surface area (Å²) >= 11 is 0. The van der Waals surface area contributed by atoms with Gasteiger partial charge < -0.3 is 19.8 Å². The molecular weight excluding hydrogens is 566 g/mol. The summed E-state index contributed by atoms with van der Waals surface area (Å²) in [5.41, 5.74) is 0. The van der Waals surface area contributed by atoms with Gasteiger partial charge in [0.25, 0.3) is 0 Å². The van der Waals surface area contributed by atoms with Gasteiger partial charge in [0, 0.05) is 19.3 Å². The molecule has 0 amide bonds. The second kappa shape index (κ2) is 28.3. The standard InChI is InChI=1S/C38H71NO6/c1-5-6-7-8-9-10-11-12-13-14-15-16-17-18-19-20-21-22-23-24-25-29-39(30-26-33(2)36(40)41,31-27-34(3)37(42)43)32-28-35(4)38(44)45/h16-17,33-35H,5-15,18-32H2,1-4H3,(H2-,40,41,42,43,44,45)/p+1/b17-16-. The van der Waals surface area contributed by atoms with Gasteiger partial charge in [0.2, 0.25) is 0 Å². The molecule has 0 rings (SSSR count). The Balaban J connectivity index is 4.37. The number of unbranched alkanes of at least 4 members (excludes halogenated alkanes) is 17. The third-order valence-electron chi connectivity index (χ3n) is 9.77. The number of hydrogen-bond acceptors (Lipinski definition) is 3. The fourth-order valence-electron chi connectivity index (χ4n) is 6.02. The van der Waals surface area contributed by atoms with Crippen molar-refractivity contribution in [3.05, 3.63) is 12.2 Å². The maximum Gasteiger partial charge on any atom is 0.306 e. The van der Waals surface area contributed by atoms with Gasteiger partial charge in [-0.2, -0.15) is 0 Å². The topological polar surface area (TPSA) is 112 Å². The van der Waals surface area contributed by atoms with Gasteiger partial charge in [0.1, 0.15) is 0 Å². The monoisotopic (exact) mass is 639 g/mol. The second-order valence-electron chi connectivity index (χ2n) is 14.0. The van der Waals surface area contributed by atoms with E-state index in [1.54, 1.807) is 20.8 Å². The molecule has 0 aliphatic heterocycles. The zero-order valence-corrected chi connectivity index (χ0v) is 29.8. The lowest BCUT2D eigenvalue weighted by Gasteiger charge is -2.40. The lowest BCUT2D eigenvalue weighted by Crippen LogP contribution is -2.52. The molecule has 0 saturated carbocycles. The number of carbonyl (C=O) groups is 3. The van der Waals surface area contributed by atoms with Crippen LogP contribution in [0.3, 0.4) is 0 Å². The van der Waals surface area contributed by atoms with Gasteiger partial charge in [-0.3, -0.25) is 14.4 Å². The predicted octanol–water partition coefficient (Wildman–Crippen LogP) is 10.1. The van der Waals surface area contributed by atoms with Crippen LogP contribution in [0.1, 0.15) is 169 Å². The molecule has 7 heteroatoms. The molecule has 0 spiro atoms. The zero-order chi connectivity index (χ0) is 33.8. The van der Waals surface area contributed by atoms with Crippen LogP contribution in [0.4, 0.5) is 0 Å². The third-order valence-corrected chi connectivity index (χ3v) is 9.77. The first-order valence-electron chi connectivity index (χ1n) is 18.7. The molecule has 0 aromatic heterocycles. The van der Waals surface area contributed by atoms with Crippen LogP contribution < -0.4 is 0 Å². The summed E-state index contributed by atoms with van der Waals surface area (Å²) in [5, 5.41) is 28.4. The lowest BCUT2D eigenvalue weighted by molar-refractivity contribution is -0.929. The van der Waals surface area contributed by atoms with Crippen molar-refractivity contribution < 1.29 is 34.2 Å². The minimum Gasteiger partial charge on any atom is -0.481 e. The van der Waals surface area contributed by atoms with Crippen LogP contribution in [0.15, 0.2) is 12.2 Å². The molecule has 0 bridgehead atoms. The summed E-state index contributed by atoms with van der Waals surface area (Å²) in [5.74, 6) is -3.91. The highest BCUT2D eigenvalue weighted by Crippen LogP contribution is 2.22. The number of quaternary nitrogens is 1. The molecule has 0 heterocycles. The Morgan fingerprint density at radius 3 is 1.07 bits per heavy atom. The molecule has 0 fully saturated rings. The largest absolute Gasteiger partial charge is 0.481 e. The molecule has 0 aromatic rings. The average Bonchev–Trinajstić information content (AvgIpc) is 3.01. The Bertz CT molecular complexity index is 722. The Hall–Kier alpha value is -1.89. The highest BCUT2D eigenvalue weighted by atomic mass is 16.4. The van der Waals surface area contributed by atoms with E-state index in [4.69, 9.17) is 0 Å². The molecule has 0 saturated heterocycles. The molecule has 0 aromatic carbocycles. The Kier molecular flexibility index (Phi) is 27.2. The Morgan fingerprint density at radius 1 is 0.467 bits per heavy atom. The number of aliphatic carboxylic acids is 3. The maximum absolute atomic E-state index is 11.5. The van der Waals surface area contributed by atoms with Crippen molar-refractivity contribution in [2.75, 3.05) is 26.2 Å². The number of allylic oxidation sites excluding steroid dienone is 2. The van der Waals surface area contributed by atoms with Crippen molar-refractivity contribution >= 4 is 17.9 Å². The number of nitrogens with zero attached hydrogens (tertiary/aromatic N) is 1. The average molecular weight is 639 g/mol. The quantitative estimate of drug-likeness (QED) is 0.0375. The highest BCUT2D eigenvalue weighted by molar-refractivity contribution is 5.70. The summed E-state index contributed by atoms with van der Waals surface area (Å²) in [6.45, 7) is 10.2. The van der Waals surface area contributed by atoms with Gasteiger partial charge in [-0.1, -0.05) is 123 Å². The first-order valence-corrected chi connectivity index (χ1v) is 18.7. The van der Waals surface area contributed by atoms with Crippen LogP contribution in [0.5, 0.6) is 0 Å². The van der Waals surface area contributed by atoms with Crippen LogP contribution >= 0.6 is 0 Å². The molecule has 0 aliphatic rings. The molecule has 3 N–H and O–H groups in total. The van der Waals surface area contributed by atoms with Crippen molar-refractivity contribution in [2.45, 2.75) is 169 Å². The molecule has 264 valence electrons. The minimum atomic E-state index is -0.824. The van der Waals surface area contributed by atoms with Crippen LogP contribution in [0, 0.1) is 17.8 Å². The van der Waals surface area contributed by atoms with Gasteiger partial charge in [-0.05, 0) is 38.5 Å². The van der Waals surface area contributed by atoms with Crippen molar-refractivity contribution in [3.63, 3.8) is 0 Å². The van der Waals surface area contributed by atoms with Crippen molar-refractivity contribution in [1.29, 1.82) is 0 Å². The van der Waals surface area contributed by atoms with Crippen LogP contribution in [-0.2, 0) is 14.4 Å². The van der Waals surface area contributed by atoms with Gasteiger partial charge in [-0.15, -0.1) is 0 Å². The number of rotatable bonds is 33. The van der Waals surface area contributed by atoms with E-state index < -0.39 is 35.7 Å². The van der Waals surface area contributed by atoms with E-state index in [2.05, 4.69) is 19.1 Å². The van der Waals surface area contributed by atoms with E-state index >= 15 is 0 Å². The van der Waals surface area contributed by atoms with Crippen molar-refractivity contribution in [2.24, 2.45) is 17.8 Å². The first-order chi connectivity index (χ1) is 21.5. The fraction of sp³-hybridized carbons (Fsp3) is 0.868. The van der Waals surface area contributed by atoms with Gasteiger partial charge in [0.05, 0.1) is 43.9 Å². The van der Waals surface area contributed by atoms with Crippen LogP contribution in [0.25, 0.3) is 0 Å². The molecule has 45 heavy (non-hydrogen) atoms. The summed E-state index contributed by atoms with van der Waals surface area (Å²) in [7, 11) is 0. The molecule has 0 aliphatic carbocycles. The predicted molar refractivity (Wildman–Crippen MR) is 187 cm³/mol. The van der Waals surface area contributed by atoms with E-state index in [0.29, 0.717) is 43.4 Å². The van der Waals surface area contributed by atoms with Crippen LogP contribution in [-0.4, -0.2) is 63.9 Å². The maximum atomic E-state index is 11.5. The number of carboxylic acids is 3. The first kappa shape index (κ1) is 43.1. The molecule has 0 radical (unpaired) electrons.